The van der Waals surface area contributed by atoms with Gasteiger partial charge < -0.3 is 15.4 Å². The molecule has 30 heavy (non-hydrogen) atoms. The van der Waals surface area contributed by atoms with E-state index in [9.17, 15) is 4.39 Å². The number of nitrogens with zero attached hydrogens (tertiary/aromatic N) is 3. The summed E-state index contributed by atoms with van der Waals surface area (Å²) in [4.78, 5) is 4.79. The van der Waals surface area contributed by atoms with Gasteiger partial charge in [-0.2, -0.15) is 5.10 Å². The van der Waals surface area contributed by atoms with Gasteiger partial charge in [-0.05, 0) is 51.3 Å². The van der Waals surface area contributed by atoms with E-state index in [2.05, 4.69) is 29.6 Å². The summed E-state index contributed by atoms with van der Waals surface area (Å²) >= 11 is 0. The topological polar surface area (TPSA) is 63.5 Å². The van der Waals surface area contributed by atoms with Gasteiger partial charge in [0.25, 0.3) is 0 Å². The standard InChI is InChI=1S/C22H32FN5O.HI/c1-5-24-21(25-14-20-16(2)27-28(4)17(20)3)26-15-22(10-12-29-13-11-22)18-6-8-19(23)9-7-18;/h6-9H,5,10-15H2,1-4H3,(H2,24,25,26);1H. The molecule has 0 atom stereocenters. The van der Waals surface area contributed by atoms with Gasteiger partial charge in [0.2, 0.25) is 0 Å². The molecular weight excluding hydrogens is 496 g/mol. The number of aromatic nitrogens is 2. The molecule has 2 aromatic rings. The fourth-order valence-corrected chi connectivity index (χ4v) is 3.93. The van der Waals surface area contributed by atoms with E-state index in [0.717, 1.165) is 54.4 Å². The maximum atomic E-state index is 13.4. The van der Waals surface area contributed by atoms with Crippen molar-refractivity contribution in [3.05, 3.63) is 52.6 Å². The predicted octanol–water partition coefficient (Wildman–Crippen LogP) is 3.60. The fourth-order valence-electron chi connectivity index (χ4n) is 3.93. The van der Waals surface area contributed by atoms with Crippen LogP contribution in [0.4, 0.5) is 4.39 Å². The van der Waals surface area contributed by atoms with E-state index in [-0.39, 0.29) is 35.2 Å². The highest BCUT2D eigenvalue weighted by atomic mass is 127. The van der Waals surface area contributed by atoms with Gasteiger partial charge in [-0.3, -0.25) is 4.68 Å². The first-order chi connectivity index (χ1) is 13.9. The van der Waals surface area contributed by atoms with E-state index in [1.165, 1.54) is 0 Å². The van der Waals surface area contributed by atoms with Crippen LogP contribution in [0.1, 0.15) is 42.3 Å². The van der Waals surface area contributed by atoms with Crippen molar-refractivity contribution in [1.82, 2.24) is 20.4 Å². The van der Waals surface area contributed by atoms with Crippen LogP contribution in [-0.2, 0) is 23.7 Å². The van der Waals surface area contributed by atoms with Crippen LogP contribution in [0.25, 0.3) is 0 Å². The maximum absolute atomic E-state index is 13.4. The maximum Gasteiger partial charge on any atom is 0.191 e. The number of nitrogens with one attached hydrogen (secondary N) is 2. The Morgan fingerprint density at radius 2 is 1.87 bits per heavy atom. The monoisotopic (exact) mass is 529 g/mol. The highest BCUT2D eigenvalue weighted by molar-refractivity contribution is 14.0. The molecule has 2 heterocycles. The van der Waals surface area contributed by atoms with Gasteiger partial charge in [0.1, 0.15) is 5.82 Å². The number of guanidine groups is 1. The Balaban J connectivity index is 0.00000320. The lowest BCUT2D eigenvalue weighted by atomic mass is 9.74. The van der Waals surface area contributed by atoms with Gasteiger partial charge in [-0.1, -0.05) is 12.1 Å². The van der Waals surface area contributed by atoms with Crippen molar-refractivity contribution in [2.45, 2.75) is 45.6 Å². The van der Waals surface area contributed by atoms with E-state index in [0.29, 0.717) is 19.8 Å². The molecule has 0 spiro atoms. The van der Waals surface area contributed by atoms with Gasteiger partial charge >= 0.3 is 0 Å². The number of hydrogen-bond acceptors (Lipinski definition) is 3. The summed E-state index contributed by atoms with van der Waals surface area (Å²) in [6.45, 7) is 9.64. The van der Waals surface area contributed by atoms with E-state index >= 15 is 0 Å². The second kappa shape index (κ2) is 11.1. The average Bonchev–Trinajstić information content (AvgIpc) is 2.96. The number of aryl methyl sites for hydroxylation is 2. The molecule has 0 saturated carbocycles. The van der Waals surface area contributed by atoms with Crippen LogP contribution in [0.2, 0.25) is 0 Å². The smallest absolute Gasteiger partial charge is 0.191 e. The van der Waals surface area contributed by atoms with Crippen molar-refractivity contribution < 1.29 is 9.13 Å². The first-order valence-electron chi connectivity index (χ1n) is 10.3. The summed E-state index contributed by atoms with van der Waals surface area (Å²) in [6.07, 6.45) is 1.79. The van der Waals surface area contributed by atoms with Gasteiger partial charge in [0.05, 0.1) is 12.2 Å². The Hall–Kier alpha value is -1.68. The Labute approximate surface area is 195 Å². The number of benzene rings is 1. The summed E-state index contributed by atoms with van der Waals surface area (Å²) in [5, 5.41) is 11.3. The van der Waals surface area contributed by atoms with Crippen molar-refractivity contribution in [2.24, 2.45) is 12.0 Å². The Kier molecular flexibility index (Phi) is 9.09. The third-order valence-corrected chi connectivity index (χ3v) is 5.90. The van der Waals surface area contributed by atoms with E-state index in [1.54, 1.807) is 12.1 Å². The number of rotatable bonds is 6. The third-order valence-electron chi connectivity index (χ3n) is 5.90. The van der Waals surface area contributed by atoms with Crippen LogP contribution in [0.3, 0.4) is 0 Å². The van der Waals surface area contributed by atoms with Crippen LogP contribution < -0.4 is 10.6 Å². The minimum absolute atomic E-state index is 0. The number of halogens is 2. The second-order valence-corrected chi connectivity index (χ2v) is 7.72. The molecule has 166 valence electrons. The van der Waals surface area contributed by atoms with Crippen molar-refractivity contribution in [3.8, 4) is 0 Å². The zero-order valence-corrected chi connectivity index (χ0v) is 20.6. The van der Waals surface area contributed by atoms with Gasteiger partial charge in [-0.25, -0.2) is 9.38 Å². The quantitative estimate of drug-likeness (QED) is 0.341. The molecule has 0 bridgehead atoms. The second-order valence-electron chi connectivity index (χ2n) is 7.72. The first-order valence-corrected chi connectivity index (χ1v) is 10.3. The van der Waals surface area contributed by atoms with Crippen molar-refractivity contribution in [2.75, 3.05) is 26.3 Å². The number of ether oxygens (including phenoxy) is 1. The molecule has 1 saturated heterocycles. The van der Waals surface area contributed by atoms with E-state index < -0.39 is 0 Å². The highest BCUT2D eigenvalue weighted by Gasteiger charge is 2.34. The van der Waals surface area contributed by atoms with Crippen molar-refractivity contribution in [1.29, 1.82) is 0 Å². The Bertz CT molecular complexity index is 844. The predicted molar refractivity (Wildman–Crippen MR) is 129 cm³/mol. The van der Waals surface area contributed by atoms with E-state index in [1.807, 2.05) is 30.8 Å². The molecule has 1 aromatic carbocycles. The minimum Gasteiger partial charge on any atom is -0.381 e. The molecule has 1 aliphatic rings. The van der Waals surface area contributed by atoms with Crippen LogP contribution >= 0.6 is 24.0 Å². The normalized spacial score (nSPS) is 16.1. The highest BCUT2D eigenvalue weighted by Crippen LogP contribution is 2.34. The molecule has 2 N–H and O–H groups in total. The summed E-state index contributed by atoms with van der Waals surface area (Å²) in [7, 11) is 1.95. The van der Waals surface area contributed by atoms with Crippen LogP contribution in [-0.4, -0.2) is 42.0 Å². The zero-order chi connectivity index (χ0) is 20.9. The fraction of sp³-hybridized carbons (Fsp3) is 0.545. The molecule has 0 aliphatic carbocycles. The van der Waals surface area contributed by atoms with Crippen molar-refractivity contribution in [3.63, 3.8) is 0 Å². The van der Waals surface area contributed by atoms with Crippen LogP contribution in [0.5, 0.6) is 0 Å². The van der Waals surface area contributed by atoms with E-state index in [4.69, 9.17) is 9.73 Å². The Morgan fingerprint density at radius 3 is 2.43 bits per heavy atom. The Morgan fingerprint density at radius 1 is 1.20 bits per heavy atom. The lowest BCUT2D eigenvalue weighted by Gasteiger charge is -2.38. The molecule has 1 fully saturated rings. The summed E-state index contributed by atoms with van der Waals surface area (Å²) in [5.41, 5.74) is 4.35. The molecule has 0 amide bonds. The molecule has 1 aliphatic heterocycles. The van der Waals surface area contributed by atoms with Crippen LogP contribution in [0, 0.1) is 19.7 Å². The largest absolute Gasteiger partial charge is 0.381 e. The van der Waals surface area contributed by atoms with Crippen molar-refractivity contribution >= 4 is 29.9 Å². The van der Waals surface area contributed by atoms with Gasteiger partial charge in [-0.15, -0.1) is 24.0 Å². The summed E-state index contributed by atoms with van der Waals surface area (Å²) < 4.78 is 20.9. The number of hydrogen-bond donors (Lipinski definition) is 2. The molecule has 3 rings (SSSR count). The lowest BCUT2D eigenvalue weighted by molar-refractivity contribution is 0.0513. The average molecular weight is 529 g/mol. The summed E-state index contributed by atoms with van der Waals surface area (Å²) in [6, 6.07) is 6.88. The summed E-state index contributed by atoms with van der Waals surface area (Å²) in [5.74, 6) is 0.573. The molecule has 1 aromatic heterocycles. The minimum atomic E-state index is -0.207. The van der Waals surface area contributed by atoms with Crippen LogP contribution in [0.15, 0.2) is 29.3 Å². The van der Waals surface area contributed by atoms with Gasteiger partial charge in [0, 0.05) is 50.0 Å². The van der Waals surface area contributed by atoms with Gasteiger partial charge in [0.15, 0.2) is 5.96 Å². The zero-order valence-electron chi connectivity index (χ0n) is 18.3. The number of aliphatic imine (C=N–C) groups is 1. The SMILES string of the molecule is CCNC(=NCc1c(C)nn(C)c1C)NCC1(c2ccc(F)cc2)CCOCC1.I. The molecule has 0 radical (unpaired) electrons. The first kappa shape index (κ1) is 24.6. The molecule has 6 nitrogen and oxygen atoms in total. The molecule has 8 heteroatoms. The third kappa shape index (κ3) is 5.72. The molecular formula is C22H33FIN5O. The lowest BCUT2D eigenvalue weighted by Crippen LogP contribution is -2.48. The molecule has 0 unspecified atom stereocenters.